The number of hydrogen-bond acceptors (Lipinski definition) is 3. The predicted octanol–water partition coefficient (Wildman–Crippen LogP) is 2.74. The van der Waals surface area contributed by atoms with Crippen LogP contribution < -0.4 is 5.73 Å². The lowest BCUT2D eigenvalue weighted by molar-refractivity contribution is -0.140. The second-order valence-electron chi connectivity index (χ2n) is 3.35. The lowest BCUT2D eigenvalue weighted by Crippen LogP contribution is -2.12. The van der Waals surface area contributed by atoms with Crippen molar-refractivity contribution in [3.05, 3.63) is 42.2 Å². The molecule has 1 aromatic carbocycles. The van der Waals surface area contributed by atoms with Crippen molar-refractivity contribution in [3.63, 3.8) is 0 Å². The summed E-state index contributed by atoms with van der Waals surface area (Å²) in [5.74, 6) is -0.392. The number of benzene rings is 1. The topological polar surface area (TPSA) is 51.8 Å². The van der Waals surface area contributed by atoms with Gasteiger partial charge < -0.3 is 5.73 Å². The first-order valence-corrected chi connectivity index (χ1v) is 4.73. The van der Waals surface area contributed by atoms with Gasteiger partial charge in [-0.2, -0.15) is 13.2 Å². The second-order valence-corrected chi connectivity index (χ2v) is 3.35. The van der Waals surface area contributed by atoms with E-state index < -0.39 is 17.8 Å². The van der Waals surface area contributed by atoms with E-state index in [1.165, 1.54) is 0 Å². The van der Waals surface area contributed by atoms with Gasteiger partial charge in [0.15, 0.2) is 5.69 Å². The van der Waals surface area contributed by atoms with Crippen LogP contribution in [-0.2, 0) is 6.18 Å². The third-order valence-electron chi connectivity index (χ3n) is 2.16. The van der Waals surface area contributed by atoms with E-state index in [0.717, 1.165) is 6.20 Å². The molecule has 0 aliphatic rings. The normalized spacial score (nSPS) is 11.5. The summed E-state index contributed by atoms with van der Waals surface area (Å²) >= 11 is 0. The van der Waals surface area contributed by atoms with E-state index in [-0.39, 0.29) is 5.56 Å². The Labute approximate surface area is 95.1 Å². The molecule has 2 aromatic rings. The van der Waals surface area contributed by atoms with Gasteiger partial charge in [0.2, 0.25) is 5.95 Å². The van der Waals surface area contributed by atoms with Crippen LogP contribution in [0.1, 0.15) is 5.69 Å². The van der Waals surface area contributed by atoms with Crippen molar-refractivity contribution in [1.29, 1.82) is 0 Å². The summed E-state index contributed by atoms with van der Waals surface area (Å²) in [6, 6.07) is 8.13. The van der Waals surface area contributed by atoms with Crippen molar-refractivity contribution in [1.82, 2.24) is 9.97 Å². The number of halogens is 3. The fourth-order valence-electron chi connectivity index (χ4n) is 1.44. The number of nitrogen functional groups attached to an aromatic ring is 1. The smallest absolute Gasteiger partial charge is 0.368 e. The number of aromatic nitrogens is 2. The molecule has 0 unspecified atom stereocenters. The third kappa shape index (κ3) is 2.35. The molecule has 0 aliphatic carbocycles. The molecule has 6 heteroatoms. The Kier molecular flexibility index (Phi) is 2.71. The van der Waals surface area contributed by atoms with E-state index in [9.17, 15) is 13.2 Å². The second kappa shape index (κ2) is 4.04. The van der Waals surface area contributed by atoms with Crippen LogP contribution in [0.25, 0.3) is 11.1 Å². The van der Waals surface area contributed by atoms with Crippen LogP contribution in [0, 0.1) is 0 Å². The number of rotatable bonds is 1. The minimum atomic E-state index is -4.55. The quantitative estimate of drug-likeness (QED) is 0.832. The zero-order valence-corrected chi connectivity index (χ0v) is 8.57. The Balaban J connectivity index is 2.63. The minimum absolute atomic E-state index is 0.0766. The van der Waals surface area contributed by atoms with Crippen LogP contribution in [0.4, 0.5) is 19.1 Å². The van der Waals surface area contributed by atoms with Gasteiger partial charge in [0.05, 0.1) is 0 Å². The van der Waals surface area contributed by atoms with Gasteiger partial charge in [-0.05, 0) is 5.56 Å². The van der Waals surface area contributed by atoms with E-state index in [1.54, 1.807) is 30.3 Å². The Morgan fingerprint density at radius 3 is 2.29 bits per heavy atom. The van der Waals surface area contributed by atoms with Crippen LogP contribution in [-0.4, -0.2) is 9.97 Å². The molecular weight excluding hydrogens is 231 g/mol. The van der Waals surface area contributed by atoms with Gasteiger partial charge in [0, 0.05) is 11.8 Å². The van der Waals surface area contributed by atoms with Gasteiger partial charge >= 0.3 is 6.18 Å². The molecule has 0 radical (unpaired) electrons. The maximum absolute atomic E-state index is 12.8. The van der Waals surface area contributed by atoms with Crippen LogP contribution in [0.3, 0.4) is 0 Å². The van der Waals surface area contributed by atoms with Crippen molar-refractivity contribution in [2.75, 3.05) is 5.73 Å². The Bertz CT molecular complexity index is 523. The molecule has 2 rings (SSSR count). The Morgan fingerprint density at radius 1 is 1.06 bits per heavy atom. The van der Waals surface area contributed by atoms with E-state index in [2.05, 4.69) is 9.97 Å². The average molecular weight is 239 g/mol. The number of nitrogens with two attached hydrogens (primary N) is 1. The highest BCUT2D eigenvalue weighted by Crippen LogP contribution is 2.35. The lowest BCUT2D eigenvalue weighted by atomic mass is 10.1. The molecule has 0 saturated carbocycles. The maximum atomic E-state index is 12.8. The molecule has 0 spiro atoms. The molecule has 0 saturated heterocycles. The highest BCUT2D eigenvalue weighted by Gasteiger charge is 2.36. The molecule has 1 aromatic heterocycles. The van der Waals surface area contributed by atoms with Crippen LogP contribution in [0.15, 0.2) is 36.5 Å². The van der Waals surface area contributed by atoms with Gasteiger partial charge in [0.1, 0.15) is 0 Å². The standard InChI is InChI=1S/C11H8F3N3/c12-11(13,14)9-8(6-16-10(15)17-9)7-4-2-1-3-5-7/h1-6H,(H2,15,16,17). The van der Waals surface area contributed by atoms with Gasteiger partial charge in [0.25, 0.3) is 0 Å². The van der Waals surface area contributed by atoms with E-state index >= 15 is 0 Å². The van der Waals surface area contributed by atoms with Crippen molar-refractivity contribution >= 4 is 5.95 Å². The summed E-state index contributed by atoms with van der Waals surface area (Å²) < 4.78 is 38.3. The summed E-state index contributed by atoms with van der Waals surface area (Å²) in [6.45, 7) is 0. The number of alkyl halides is 3. The third-order valence-corrected chi connectivity index (χ3v) is 2.16. The molecule has 0 aliphatic heterocycles. The predicted molar refractivity (Wildman–Crippen MR) is 56.9 cm³/mol. The monoisotopic (exact) mass is 239 g/mol. The van der Waals surface area contributed by atoms with E-state index in [0.29, 0.717) is 5.56 Å². The molecule has 2 N–H and O–H groups in total. The van der Waals surface area contributed by atoms with Crippen molar-refractivity contribution in [3.8, 4) is 11.1 Å². The number of hydrogen-bond donors (Lipinski definition) is 1. The van der Waals surface area contributed by atoms with Crippen LogP contribution in [0.2, 0.25) is 0 Å². The van der Waals surface area contributed by atoms with Gasteiger partial charge in [-0.1, -0.05) is 30.3 Å². The highest BCUT2D eigenvalue weighted by molar-refractivity contribution is 5.66. The summed E-state index contributed by atoms with van der Waals surface area (Å²) in [7, 11) is 0. The van der Waals surface area contributed by atoms with Gasteiger partial charge in [-0.15, -0.1) is 0 Å². The van der Waals surface area contributed by atoms with Gasteiger partial charge in [-0.25, -0.2) is 9.97 Å². The van der Waals surface area contributed by atoms with Crippen LogP contribution in [0.5, 0.6) is 0 Å². The maximum Gasteiger partial charge on any atom is 0.434 e. The van der Waals surface area contributed by atoms with Gasteiger partial charge in [-0.3, -0.25) is 0 Å². The first-order chi connectivity index (χ1) is 7.98. The Morgan fingerprint density at radius 2 is 1.71 bits per heavy atom. The zero-order chi connectivity index (χ0) is 12.5. The fourth-order valence-corrected chi connectivity index (χ4v) is 1.44. The van der Waals surface area contributed by atoms with Crippen molar-refractivity contribution < 1.29 is 13.2 Å². The molecule has 0 atom stereocenters. The average Bonchev–Trinajstić information content (AvgIpc) is 2.29. The summed E-state index contributed by atoms with van der Waals surface area (Å²) in [5, 5.41) is 0. The first-order valence-electron chi connectivity index (χ1n) is 4.73. The number of nitrogens with zero attached hydrogens (tertiary/aromatic N) is 2. The zero-order valence-electron chi connectivity index (χ0n) is 8.57. The number of anilines is 1. The highest BCUT2D eigenvalue weighted by atomic mass is 19.4. The molecular formula is C11H8F3N3. The fraction of sp³-hybridized carbons (Fsp3) is 0.0909. The van der Waals surface area contributed by atoms with Crippen molar-refractivity contribution in [2.45, 2.75) is 6.18 Å². The van der Waals surface area contributed by atoms with Crippen molar-refractivity contribution in [2.24, 2.45) is 0 Å². The molecule has 17 heavy (non-hydrogen) atoms. The summed E-state index contributed by atoms with van der Waals surface area (Å²) in [4.78, 5) is 6.86. The SMILES string of the molecule is Nc1ncc(-c2ccccc2)c(C(F)(F)F)n1. The van der Waals surface area contributed by atoms with E-state index in [4.69, 9.17) is 5.73 Å². The molecule has 0 fully saturated rings. The molecule has 3 nitrogen and oxygen atoms in total. The summed E-state index contributed by atoms with van der Waals surface area (Å²) in [6.07, 6.45) is -3.47. The summed E-state index contributed by atoms with van der Waals surface area (Å²) in [5.41, 5.74) is 4.49. The van der Waals surface area contributed by atoms with Crippen LogP contribution >= 0.6 is 0 Å². The molecule has 1 heterocycles. The minimum Gasteiger partial charge on any atom is -0.368 e. The molecule has 0 bridgehead atoms. The van der Waals surface area contributed by atoms with E-state index in [1.807, 2.05) is 0 Å². The first kappa shape index (κ1) is 11.4. The lowest BCUT2D eigenvalue weighted by Gasteiger charge is -2.11. The molecule has 88 valence electrons. The molecule has 0 amide bonds. The largest absolute Gasteiger partial charge is 0.434 e. The Hall–Kier alpha value is -2.11.